The molecule has 0 aliphatic heterocycles. The molecule has 0 heterocycles. The quantitative estimate of drug-likeness (QED) is 0.558. The zero-order valence-electron chi connectivity index (χ0n) is 11.6. The van der Waals surface area contributed by atoms with Crippen LogP contribution in [0.5, 0.6) is 11.5 Å². The molecule has 0 aromatic heterocycles. The summed E-state index contributed by atoms with van der Waals surface area (Å²) in [6.45, 7) is -0.148. The fourth-order valence-electron chi connectivity index (χ4n) is 2.08. The summed E-state index contributed by atoms with van der Waals surface area (Å²) in [5, 5.41) is 10.8. The van der Waals surface area contributed by atoms with Crippen LogP contribution in [0.25, 0.3) is 0 Å². The number of hydrogen-bond donors (Lipinski definition) is 2. The van der Waals surface area contributed by atoms with Crippen molar-refractivity contribution >= 4 is 11.6 Å². The van der Waals surface area contributed by atoms with Gasteiger partial charge in [-0.1, -0.05) is 0 Å². The molecule has 1 aromatic carbocycles. The number of nitrogens with two attached hydrogens (primary N) is 2. The first-order valence-corrected chi connectivity index (χ1v) is 6.42. The van der Waals surface area contributed by atoms with Crippen molar-refractivity contribution in [3.05, 3.63) is 28.3 Å². The average Bonchev–Trinajstić information content (AvgIpc) is 3.28. The SMILES string of the molecule is COc1ccc([N+](=O)[O-])cc1OCC(N)(C(N)=O)C1CC1. The number of primary amides is 1. The zero-order chi connectivity index (χ0) is 15.6. The van der Waals surface area contributed by atoms with Crippen molar-refractivity contribution in [3.63, 3.8) is 0 Å². The molecule has 1 aromatic rings. The lowest BCUT2D eigenvalue weighted by Gasteiger charge is -2.26. The fourth-order valence-corrected chi connectivity index (χ4v) is 2.08. The Morgan fingerprint density at radius 3 is 2.62 bits per heavy atom. The zero-order valence-corrected chi connectivity index (χ0v) is 11.6. The lowest BCUT2D eigenvalue weighted by Crippen LogP contribution is -2.58. The van der Waals surface area contributed by atoms with Crippen molar-refractivity contribution < 1.29 is 19.2 Å². The van der Waals surface area contributed by atoms with Crippen LogP contribution in [-0.2, 0) is 4.79 Å². The summed E-state index contributed by atoms with van der Waals surface area (Å²) in [5.41, 5.74) is 9.94. The number of nitrogens with zero attached hydrogens (tertiary/aromatic N) is 1. The van der Waals surface area contributed by atoms with Gasteiger partial charge in [-0.25, -0.2) is 0 Å². The number of hydrogen-bond acceptors (Lipinski definition) is 6. The third-order valence-electron chi connectivity index (χ3n) is 3.59. The number of nitro groups is 1. The Bertz CT molecular complexity index is 573. The van der Waals surface area contributed by atoms with Crippen molar-refractivity contribution in [2.75, 3.05) is 13.7 Å². The van der Waals surface area contributed by atoms with Crippen molar-refractivity contribution in [2.24, 2.45) is 17.4 Å². The minimum atomic E-state index is -1.27. The smallest absolute Gasteiger partial charge is 0.273 e. The number of carbonyl (C=O) groups excluding carboxylic acids is 1. The average molecular weight is 295 g/mol. The van der Waals surface area contributed by atoms with Crippen LogP contribution in [-0.4, -0.2) is 30.1 Å². The van der Waals surface area contributed by atoms with Gasteiger partial charge in [0, 0.05) is 6.07 Å². The number of methoxy groups -OCH3 is 1. The van der Waals surface area contributed by atoms with Crippen LogP contribution in [0, 0.1) is 16.0 Å². The molecule has 1 atom stereocenters. The van der Waals surface area contributed by atoms with Crippen LogP contribution in [0.3, 0.4) is 0 Å². The standard InChI is InChI=1S/C13H17N3O5/c1-20-10-5-4-9(16(18)19)6-11(10)21-7-13(15,12(14)17)8-2-3-8/h4-6,8H,2-3,7,15H2,1H3,(H2,14,17). The molecule has 4 N–H and O–H groups in total. The van der Waals surface area contributed by atoms with Crippen molar-refractivity contribution in [1.29, 1.82) is 0 Å². The van der Waals surface area contributed by atoms with Crippen molar-refractivity contribution in [1.82, 2.24) is 0 Å². The first-order valence-electron chi connectivity index (χ1n) is 6.42. The highest BCUT2D eigenvalue weighted by molar-refractivity contribution is 5.85. The highest BCUT2D eigenvalue weighted by Crippen LogP contribution is 2.39. The number of nitro benzene ring substituents is 1. The Morgan fingerprint density at radius 2 is 2.14 bits per heavy atom. The van der Waals surface area contributed by atoms with E-state index < -0.39 is 16.4 Å². The van der Waals surface area contributed by atoms with Crippen LogP contribution in [0.15, 0.2) is 18.2 Å². The molecule has 0 saturated heterocycles. The van der Waals surface area contributed by atoms with Crippen LogP contribution in [0.4, 0.5) is 5.69 Å². The summed E-state index contributed by atoms with van der Waals surface area (Å²) >= 11 is 0. The topological polar surface area (TPSA) is 131 Å². The Kier molecular flexibility index (Phi) is 3.99. The van der Waals surface area contributed by atoms with E-state index in [9.17, 15) is 14.9 Å². The second-order valence-corrected chi connectivity index (χ2v) is 5.06. The molecule has 0 spiro atoms. The van der Waals surface area contributed by atoms with Gasteiger partial charge in [0.1, 0.15) is 12.1 Å². The minimum absolute atomic E-state index is 0.0142. The van der Waals surface area contributed by atoms with Gasteiger partial charge in [0.05, 0.1) is 18.1 Å². The van der Waals surface area contributed by atoms with E-state index in [1.54, 1.807) is 0 Å². The molecular weight excluding hydrogens is 278 g/mol. The van der Waals surface area contributed by atoms with E-state index in [0.717, 1.165) is 12.8 Å². The van der Waals surface area contributed by atoms with E-state index in [-0.39, 0.29) is 24.0 Å². The predicted octanol–water partition coefficient (Wildman–Crippen LogP) is 0.575. The van der Waals surface area contributed by atoms with Gasteiger partial charge >= 0.3 is 0 Å². The highest BCUT2D eigenvalue weighted by Gasteiger charge is 2.47. The molecule has 1 saturated carbocycles. The van der Waals surface area contributed by atoms with Crippen LogP contribution in [0.2, 0.25) is 0 Å². The summed E-state index contributed by atoms with van der Waals surface area (Å²) in [6.07, 6.45) is 1.63. The summed E-state index contributed by atoms with van der Waals surface area (Å²) in [4.78, 5) is 21.8. The molecule has 8 nitrogen and oxygen atoms in total. The molecule has 1 aliphatic rings. The molecule has 1 fully saturated rings. The minimum Gasteiger partial charge on any atom is -0.493 e. The second kappa shape index (κ2) is 5.57. The van der Waals surface area contributed by atoms with Crippen LogP contribution in [0.1, 0.15) is 12.8 Å². The number of carbonyl (C=O) groups is 1. The molecule has 114 valence electrons. The monoisotopic (exact) mass is 295 g/mol. The first kappa shape index (κ1) is 15.0. The Morgan fingerprint density at radius 1 is 1.48 bits per heavy atom. The lowest BCUT2D eigenvalue weighted by atomic mass is 9.95. The fraction of sp³-hybridized carbons (Fsp3) is 0.462. The van der Waals surface area contributed by atoms with Crippen molar-refractivity contribution in [2.45, 2.75) is 18.4 Å². The molecule has 1 unspecified atom stereocenters. The summed E-state index contributed by atoms with van der Waals surface area (Å²) in [6, 6.07) is 3.95. The largest absolute Gasteiger partial charge is 0.493 e. The van der Waals surface area contributed by atoms with E-state index in [0.29, 0.717) is 5.75 Å². The predicted molar refractivity (Wildman–Crippen MR) is 74.0 cm³/mol. The number of amides is 1. The van der Waals surface area contributed by atoms with E-state index in [4.69, 9.17) is 20.9 Å². The van der Waals surface area contributed by atoms with E-state index in [2.05, 4.69) is 0 Å². The third kappa shape index (κ3) is 3.05. The number of benzene rings is 1. The van der Waals surface area contributed by atoms with Gasteiger partial charge in [-0.3, -0.25) is 14.9 Å². The molecule has 1 aliphatic carbocycles. The van der Waals surface area contributed by atoms with Gasteiger partial charge in [-0.2, -0.15) is 0 Å². The lowest BCUT2D eigenvalue weighted by molar-refractivity contribution is -0.385. The van der Waals surface area contributed by atoms with Gasteiger partial charge in [0.2, 0.25) is 5.91 Å². The van der Waals surface area contributed by atoms with Gasteiger partial charge in [0.25, 0.3) is 5.69 Å². The summed E-state index contributed by atoms with van der Waals surface area (Å²) in [7, 11) is 1.42. The Balaban J connectivity index is 2.20. The maximum atomic E-state index is 11.5. The first-order chi connectivity index (χ1) is 9.88. The third-order valence-corrected chi connectivity index (χ3v) is 3.59. The number of rotatable bonds is 7. The molecule has 0 bridgehead atoms. The molecule has 1 amide bonds. The Labute approximate surface area is 121 Å². The van der Waals surface area contributed by atoms with Crippen LogP contribution >= 0.6 is 0 Å². The maximum absolute atomic E-state index is 11.5. The van der Waals surface area contributed by atoms with E-state index in [1.807, 2.05) is 0 Å². The molecule has 0 radical (unpaired) electrons. The molecule has 21 heavy (non-hydrogen) atoms. The maximum Gasteiger partial charge on any atom is 0.273 e. The number of ether oxygens (including phenoxy) is 2. The summed E-state index contributed by atoms with van der Waals surface area (Å²) < 4.78 is 10.6. The van der Waals surface area contributed by atoms with Gasteiger partial charge in [-0.15, -0.1) is 0 Å². The van der Waals surface area contributed by atoms with Crippen molar-refractivity contribution in [3.8, 4) is 11.5 Å². The van der Waals surface area contributed by atoms with Gasteiger partial charge < -0.3 is 20.9 Å². The van der Waals surface area contributed by atoms with E-state index >= 15 is 0 Å². The van der Waals surface area contributed by atoms with Gasteiger partial charge in [0.15, 0.2) is 11.5 Å². The molecule has 8 heteroatoms. The second-order valence-electron chi connectivity index (χ2n) is 5.06. The Hall–Kier alpha value is -2.35. The van der Waals surface area contributed by atoms with E-state index in [1.165, 1.54) is 25.3 Å². The van der Waals surface area contributed by atoms with Gasteiger partial charge in [-0.05, 0) is 24.8 Å². The summed E-state index contributed by atoms with van der Waals surface area (Å²) in [5.74, 6) is -0.180. The highest BCUT2D eigenvalue weighted by atomic mass is 16.6. The molecule has 2 rings (SSSR count). The normalized spacial score (nSPS) is 16.9. The van der Waals surface area contributed by atoms with Crippen LogP contribution < -0.4 is 20.9 Å². The number of non-ortho nitro benzene ring substituents is 1. The molecular formula is C13H17N3O5.